The average Bonchev–Trinajstić information content (AvgIpc) is 2.40. The first-order valence-electron chi connectivity index (χ1n) is 6.43. The molecular weight excluding hydrogens is 228 g/mol. The van der Waals surface area contributed by atoms with Gasteiger partial charge in [-0.15, -0.1) is 0 Å². The lowest BCUT2D eigenvalue weighted by Gasteiger charge is -2.19. The van der Waals surface area contributed by atoms with Gasteiger partial charge in [-0.1, -0.05) is 13.3 Å². The van der Waals surface area contributed by atoms with Crippen molar-refractivity contribution in [1.29, 1.82) is 0 Å². The number of anilines is 1. The number of aryl methyl sites for hydroxylation is 1. The van der Waals surface area contributed by atoms with Crippen molar-refractivity contribution in [2.24, 2.45) is 5.84 Å². The summed E-state index contributed by atoms with van der Waals surface area (Å²) in [6, 6.07) is 3.55. The second-order valence-electron chi connectivity index (χ2n) is 4.10. The Morgan fingerprint density at radius 2 is 2.00 bits per heavy atom. The fourth-order valence-electron chi connectivity index (χ4n) is 1.86. The predicted molar refractivity (Wildman–Crippen MR) is 73.3 cm³/mol. The average molecular weight is 250 g/mol. The Labute approximate surface area is 108 Å². The highest BCUT2D eigenvalue weighted by atomic mass is 16.2. The van der Waals surface area contributed by atoms with Crippen LogP contribution in [0.4, 0.5) is 5.82 Å². The standard InChI is InChI=1S/C13H22N4O/c1-4-7-11-8-10(9-12(15-11)16-14)13(18)17(5-2)6-3/h8-9H,4-7,14H2,1-3H3,(H,15,16). The summed E-state index contributed by atoms with van der Waals surface area (Å²) in [5, 5.41) is 0. The van der Waals surface area contributed by atoms with E-state index in [0.29, 0.717) is 24.5 Å². The lowest BCUT2D eigenvalue weighted by atomic mass is 10.1. The zero-order valence-corrected chi connectivity index (χ0v) is 11.4. The highest BCUT2D eigenvalue weighted by Gasteiger charge is 2.14. The molecule has 0 saturated heterocycles. The van der Waals surface area contributed by atoms with Crippen molar-refractivity contribution in [2.45, 2.75) is 33.6 Å². The van der Waals surface area contributed by atoms with Crippen LogP contribution in [0.1, 0.15) is 43.2 Å². The van der Waals surface area contributed by atoms with Crippen LogP contribution < -0.4 is 11.3 Å². The van der Waals surface area contributed by atoms with Crippen LogP contribution in [0, 0.1) is 0 Å². The summed E-state index contributed by atoms with van der Waals surface area (Å²) in [4.78, 5) is 18.4. The van der Waals surface area contributed by atoms with Crippen molar-refractivity contribution in [3.8, 4) is 0 Å². The second kappa shape index (κ2) is 6.96. The fourth-order valence-corrected chi connectivity index (χ4v) is 1.86. The fraction of sp³-hybridized carbons (Fsp3) is 0.538. The molecule has 1 heterocycles. The van der Waals surface area contributed by atoms with Gasteiger partial charge in [-0.25, -0.2) is 10.8 Å². The molecule has 3 N–H and O–H groups in total. The normalized spacial score (nSPS) is 10.2. The summed E-state index contributed by atoms with van der Waals surface area (Å²) >= 11 is 0. The molecule has 1 aromatic rings. The smallest absolute Gasteiger partial charge is 0.254 e. The number of hydrogen-bond donors (Lipinski definition) is 2. The summed E-state index contributed by atoms with van der Waals surface area (Å²) in [5.41, 5.74) is 4.05. The van der Waals surface area contributed by atoms with Crippen LogP contribution in [-0.4, -0.2) is 28.9 Å². The Morgan fingerprint density at radius 3 is 2.50 bits per heavy atom. The number of nitrogens with one attached hydrogen (secondary N) is 1. The molecule has 5 nitrogen and oxygen atoms in total. The number of nitrogens with zero attached hydrogens (tertiary/aromatic N) is 2. The molecule has 100 valence electrons. The summed E-state index contributed by atoms with van der Waals surface area (Å²) in [6.07, 6.45) is 1.83. The number of rotatable bonds is 6. The molecule has 0 atom stereocenters. The van der Waals surface area contributed by atoms with E-state index in [2.05, 4.69) is 17.3 Å². The van der Waals surface area contributed by atoms with E-state index < -0.39 is 0 Å². The van der Waals surface area contributed by atoms with E-state index in [0.717, 1.165) is 18.5 Å². The van der Waals surface area contributed by atoms with Crippen LogP contribution in [0.15, 0.2) is 12.1 Å². The highest BCUT2D eigenvalue weighted by molar-refractivity contribution is 5.95. The van der Waals surface area contributed by atoms with Crippen LogP contribution >= 0.6 is 0 Å². The van der Waals surface area contributed by atoms with Crippen molar-refractivity contribution < 1.29 is 4.79 Å². The third-order valence-corrected chi connectivity index (χ3v) is 2.83. The monoisotopic (exact) mass is 250 g/mol. The Balaban J connectivity index is 3.06. The zero-order chi connectivity index (χ0) is 13.5. The maximum Gasteiger partial charge on any atom is 0.254 e. The van der Waals surface area contributed by atoms with Crippen molar-refractivity contribution in [2.75, 3.05) is 18.5 Å². The summed E-state index contributed by atoms with van der Waals surface area (Å²) in [6.45, 7) is 7.42. The molecule has 0 radical (unpaired) electrons. The molecule has 0 bridgehead atoms. The summed E-state index contributed by atoms with van der Waals surface area (Å²) in [5.74, 6) is 5.95. The second-order valence-corrected chi connectivity index (χ2v) is 4.10. The van der Waals surface area contributed by atoms with Crippen LogP contribution in [0.25, 0.3) is 0 Å². The first kappa shape index (κ1) is 14.4. The van der Waals surface area contributed by atoms with Crippen molar-refractivity contribution in [3.63, 3.8) is 0 Å². The maximum absolute atomic E-state index is 12.3. The first-order chi connectivity index (χ1) is 8.65. The van der Waals surface area contributed by atoms with Crippen LogP contribution in [0.3, 0.4) is 0 Å². The number of pyridine rings is 1. The minimum atomic E-state index is 0.0243. The molecule has 0 fully saturated rings. The number of nitrogens with two attached hydrogens (primary N) is 1. The Morgan fingerprint density at radius 1 is 1.33 bits per heavy atom. The van der Waals surface area contributed by atoms with E-state index in [1.165, 1.54) is 0 Å². The molecule has 1 rings (SSSR count). The lowest BCUT2D eigenvalue weighted by molar-refractivity contribution is 0.0773. The largest absolute Gasteiger partial charge is 0.339 e. The minimum absolute atomic E-state index is 0.0243. The Bertz CT molecular complexity index is 402. The number of amides is 1. The van der Waals surface area contributed by atoms with Crippen molar-refractivity contribution in [1.82, 2.24) is 9.88 Å². The SMILES string of the molecule is CCCc1cc(C(=O)N(CC)CC)cc(NN)n1. The van der Waals surface area contributed by atoms with Gasteiger partial charge in [0.05, 0.1) is 0 Å². The van der Waals surface area contributed by atoms with E-state index in [9.17, 15) is 4.79 Å². The maximum atomic E-state index is 12.3. The van der Waals surface area contributed by atoms with Gasteiger partial charge in [0.2, 0.25) is 0 Å². The van der Waals surface area contributed by atoms with E-state index >= 15 is 0 Å². The summed E-state index contributed by atoms with van der Waals surface area (Å²) in [7, 11) is 0. The van der Waals surface area contributed by atoms with E-state index in [1.54, 1.807) is 11.0 Å². The van der Waals surface area contributed by atoms with Gasteiger partial charge in [0, 0.05) is 24.3 Å². The quantitative estimate of drug-likeness (QED) is 0.596. The topological polar surface area (TPSA) is 71.2 Å². The van der Waals surface area contributed by atoms with Crippen LogP contribution in [0.5, 0.6) is 0 Å². The number of nitrogen functional groups attached to an aromatic ring is 1. The predicted octanol–water partition coefficient (Wildman–Crippen LogP) is 1.80. The van der Waals surface area contributed by atoms with Gasteiger partial charge in [-0.2, -0.15) is 0 Å². The lowest BCUT2D eigenvalue weighted by Crippen LogP contribution is -2.30. The minimum Gasteiger partial charge on any atom is -0.339 e. The number of hydrogen-bond acceptors (Lipinski definition) is 4. The molecule has 18 heavy (non-hydrogen) atoms. The number of carbonyl (C=O) groups excluding carboxylic acids is 1. The van der Waals surface area contributed by atoms with Gasteiger partial charge >= 0.3 is 0 Å². The molecule has 0 aliphatic carbocycles. The molecule has 0 aliphatic rings. The Kier molecular flexibility index (Phi) is 5.58. The molecule has 0 saturated carbocycles. The molecule has 0 aromatic carbocycles. The van der Waals surface area contributed by atoms with Gasteiger partial charge in [0.25, 0.3) is 5.91 Å². The van der Waals surface area contributed by atoms with Crippen LogP contribution in [-0.2, 0) is 6.42 Å². The summed E-state index contributed by atoms with van der Waals surface area (Å²) < 4.78 is 0. The van der Waals surface area contributed by atoms with Crippen molar-refractivity contribution in [3.05, 3.63) is 23.4 Å². The Hall–Kier alpha value is -1.62. The van der Waals surface area contributed by atoms with Gasteiger partial charge in [-0.05, 0) is 32.4 Å². The third kappa shape index (κ3) is 3.43. The molecule has 0 unspecified atom stereocenters. The van der Waals surface area contributed by atoms with E-state index in [1.807, 2.05) is 19.9 Å². The van der Waals surface area contributed by atoms with Gasteiger partial charge in [0.15, 0.2) is 0 Å². The molecule has 1 amide bonds. The molecule has 5 heteroatoms. The van der Waals surface area contributed by atoms with Gasteiger partial charge < -0.3 is 10.3 Å². The zero-order valence-electron chi connectivity index (χ0n) is 11.4. The van der Waals surface area contributed by atoms with Gasteiger partial charge in [0.1, 0.15) is 5.82 Å². The molecule has 0 aliphatic heterocycles. The van der Waals surface area contributed by atoms with Gasteiger partial charge in [-0.3, -0.25) is 4.79 Å². The van der Waals surface area contributed by atoms with E-state index in [4.69, 9.17) is 5.84 Å². The van der Waals surface area contributed by atoms with E-state index in [-0.39, 0.29) is 5.91 Å². The molecular formula is C13H22N4O. The molecule has 1 aromatic heterocycles. The third-order valence-electron chi connectivity index (χ3n) is 2.83. The number of hydrazine groups is 1. The molecule has 0 spiro atoms. The first-order valence-corrected chi connectivity index (χ1v) is 6.43. The number of carbonyl (C=O) groups is 1. The highest BCUT2D eigenvalue weighted by Crippen LogP contribution is 2.13. The number of aromatic nitrogens is 1. The van der Waals surface area contributed by atoms with Crippen LogP contribution in [0.2, 0.25) is 0 Å². The van der Waals surface area contributed by atoms with Crippen molar-refractivity contribution >= 4 is 11.7 Å².